The number of hydrogen-bond donors (Lipinski definition) is 0. The lowest BCUT2D eigenvalue weighted by molar-refractivity contribution is -0.137. The topological polar surface area (TPSA) is 32.8 Å². The van der Waals surface area contributed by atoms with Crippen molar-refractivity contribution < 1.29 is 9.53 Å². The van der Waals surface area contributed by atoms with Crippen LogP contribution in [0.2, 0.25) is 0 Å². The Morgan fingerprint density at radius 3 is 2.33 bits per heavy atom. The predicted molar refractivity (Wildman–Crippen MR) is 69.3 cm³/mol. The zero-order chi connectivity index (χ0) is 12.4. The molecule has 0 aromatic carbocycles. The van der Waals surface area contributed by atoms with Crippen LogP contribution < -0.4 is 0 Å². The molecule has 2 saturated heterocycles. The standard InChI is InChI=1S/C14H24N2O2/c17-14(12-5-10-18-11-12)16-8-6-15(7-9-16)13-3-1-2-4-13/h12-13H,1-11H2. The number of nitrogens with zero attached hydrogens (tertiary/aromatic N) is 2. The second kappa shape index (κ2) is 5.57. The first kappa shape index (κ1) is 12.4. The fourth-order valence-corrected chi connectivity index (χ4v) is 3.56. The summed E-state index contributed by atoms with van der Waals surface area (Å²) in [5.74, 6) is 0.474. The lowest BCUT2D eigenvalue weighted by Crippen LogP contribution is -2.52. The van der Waals surface area contributed by atoms with E-state index >= 15 is 0 Å². The number of ether oxygens (including phenoxy) is 1. The van der Waals surface area contributed by atoms with Crippen LogP contribution in [0.15, 0.2) is 0 Å². The molecule has 2 aliphatic heterocycles. The lowest BCUT2D eigenvalue weighted by Gasteiger charge is -2.38. The zero-order valence-corrected chi connectivity index (χ0v) is 11.1. The first-order valence-corrected chi connectivity index (χ1v) is 7.45. The van der Waals surface area contributed by atoms with Gasteiger partial charge in [-0.1, -0.05) is 12.8 Å². The van der Waals surface area contributed by atoms with E-state index in [1.165, 1.54) is 25.7 Å². The van der Waals surface area contributed by atoms with Crippen LogP contribution in [0.1, 0.15) is 32.1 Å². The predicted octanol–water partition coefficient (Wildman–Crippen LogP) is 1.11. The van der Waals surface area contributed by atoms with Crippen molar-refractivity contribution in [1.29, 1.82) is 0 Å². The summed E-state index contributed by atoms with van der Waals surface area (Å²) in [6.45, 7) is 5.39. The molecular weight excluding hydrogens is 228 g/mol. The van der Waals surface area contributed by atoms with Crippen molar-refractivity contribution in [3.63, 3.8) is 0 Å². The fraction of sp³-hybridized carbons (Fsp3) is 0.929. The van der Waals surface area contributed by atoms with E-state index in [0.717, 1.165) is 45.2 Å². The molecule has 4 nitrogen and oxygen atoms in total. The second-order valence-corrected chi connectivity index (χ2v) is 5.86. The summed E-state index contributed by atoms with van der Waals surface area (Å²) in [7, 11) is 0. The molecule has 3 rings (SSSR count). The third-order valence-corrected chi connectivity index (χ3v) is 4.75. The number of hydrogen-bond acceptors (Lipinski definition) is 3. The summed E-state index contributed by atoms with van der Waals surface area (Å²) < 4.78 is 5.31. The second-order valence-electron chi connectivity index (χ2n) is 5.86. The third kappa shape index (κ3) is 2.54. The largest absolute Gasteiger partial charge is 0.381 e. The van der Waals surface area contributed by atoms with Crippen molar-refractivity contribution in [2.24, 2.45) is 5.92 Å². The van der Waals surface area contributed by atoms with Crippen LogP contribution >= 0.6 is 0 Å². The normalized spacial score (nSPS) is 31.1. The molecule has 0 aromatic heterocycles. The maximum Gasteiger partial charge on any atom is 0.228 e. The fourth-order valence-electron chi connectivity index (χ4n) is 3.56. The van der Waals surface area contributed by atoms with Crippen LogP contribution in [0, 0.1) is 5.92 Å². The van der Waals surface area contributed by atoms with Gasteiger partial charge < -0.3 is 9.64 Å². The molecule has 1 saturated carbocycles. The van der Waals surface area contributed by atoms with E-state index in [1.807, 2.05) is 0 Å². The van der Waals surface area contributed by atoms with Crippen LogP contribution in [-0.4, -0.2) is 61.1 Å². The van der Waals surface area contributed by atoms with Crippen LogP contribution in [0.3, 0.4) is 0 Å². The Morgan fingerprint density at radius 1 is 1.00 bits per heavy atom. The molecule has 1 aliphatic carbocycles. The average Bonchev–Trinajstić information content (AvgIpc) is 3.11. The van der Waals surface area contributed by atoms with Gasteiger partial charge in [-0.05, 0) is 19.3 Å². The van der Waals surface area contributed by atoms with Gasteiger partial charge >= 0.3 is 0 Å². The van der Waals surface area contributed by atoms with Gasteiger partial charge in [0.05, 0.1) is 12.5 Å². The molecule has 4 heteroatoms. The average molecular weight is 252 g/mol. The Labute approximate surface area is 109 Å². The molecule has 3 aliphatic rings. The van der Waals surface area contributed by atoms with Crippen molar-refractivity contribution in [1.82, 2.24) is 9.80 Å². The third-order valence-electron chi connectivity index (χ3n) is 4.75. The molecule has 0 spiro atoms. The van der Waals surface area contributed by atoms with Crippen molar-refractivity contribution in [3.8, 4) is 0 Å². The van der Waals surface area contributed by atoms with Gasteiger partial charge in [0, 0.05) is 38.8 Å². The molecule has 0 N–H and O–H groups in total. The minimum absolute atomic E-state index is 0.142. The quantitative estimate of drug-likeness (QED) is 0.738. The highest BCUT2D eigenvalue weighted by Crippen LogP contribution is 2.25. The molecule has 102 valence electrons. The summed E-state index contributed by atoms with van der Waals surface area (Å²) in [5, 5.41) is 0. The Balaban J connectivity index is 1.48. The maximum atomic E-state index is 12.3. The number of rotatable bonds is 2. The summed E-state index contributed by atoms with van der Waals surface area (Å²) in [6, 6.07) is 0.803. The Hall–Kier alpha value is -0.610. The van der Waals surface area contributed by atoms with E-state index in [1.54, 1.807) is 0 Å². The lowest BCUT2D eigenvalue weighted by atomic mass is 10.1. The molecule has 0 bridgehead atoms. The van der Waals surface area contributed by atoms with Gasteiger partial charge in [-0.2, -0.15) is 0 Å². The SMILES string of the molecule is O=C(C1CCOC1)N1CCN(C2CCCC2)CC1. The summed E-state index contributed by atoms with van der Waals surface area (Å²) >= 11 is 0. The van der Waals surface area contributed by atoms with Gasteiger partial charge in [-0.3, -0.25) is 9.69 Å². The van der Waals surface area contributed by atoms with Crippen LogP contribution in [0.4, 0.5) is 0 Å². The monoisotopic (exact) mass is 252 g/mol. The smallest absolute Gasteiger partial charge is 0.228 e. The maximum absolute atomic E-state index is 12.3. The molecule has 1 unspecified atom stereocenters. The van der Waals surface area contributed by atoms with Crippen molar-refractivity contribution >= 4 is 5.91 Å². The van der Waals surface area contributed by atoms with Gasteiger partial charge in [0.25, 0.3) is 0 Å². The summed E-state index contributed by atoms with van der Waals surface area (Å²) in [6.07, 6.45) is 6.43. The number of piperazine rings is 1. The van der Waals surface area contributed by atoms with E-state index in [0.29, 0.717) is 12.5 Å². The first-order valence-electron chi connectivity index (χ1n) is 7.45. The summed E-state index contributed by atoms with van der Waals surface area (Å²) in [5.41, 5.74) is 0. The number of amides is 1. The first-order chi connectivity index (χ1) is 8.84. The molecule has 3 fully saturated rings. The van der Waals surface area contributed by atoms with Crippen LogP contribution in [0.5, 0.6) is 0 Å². The Bertz CT molecular complexity index is 288. The van der Waals surface area contributed by atoms with E-state index in [2.05, 4.69) is 9.80 Å². The molecule has 0 aromatic rings. The van der Waals surface area contributed by atoms with Crippen molar-refractivity contribution in [3.05, 3.63) is 0 Å². The van der Waals surface area contributed by atoms with Crippen LogP contribution in [-0.2, 0) is 9.53 Å². The molecule has 1 atom stereocenters. The van der Waals surface area contributed by atoms with Gasteiger partial charge in [0.15, 0.2) is 0 Å². The molecule has 1 amide bonds. The van der Waals surface area contributed by atoms with E-state index in [9.17, 15) is 4.79 Å². The van der Waals surface area contributed by atoms with Crippen molar-refractivity contribution in [2.45, 2.75) is 38.1 Å². The van der Waals surface area contributed by atoms with Crippen LogP contribution in [0.25, 0.3) is 0 Å². The highest BCUT2D eigenvalue weighted by molar-refractivity contribution is 5.79. The van der Waals surface area contributed by atoms with E-state index in [-0.39, 0.29) is 5.92 Å². The van der Waals surface area contributed by atoms with Gasteiger partial charge in [0.2, 0.25) is 5.91 Å². The highest BCUT2D eigenvalue weighted by Gasteiger charge is 2.32. The van der Waals surface area contributed by atoms with Gasteiger partial charge in [-0.15, -0.1) is 0 Å². The van der Waals surface area contributed by atoms with Gasteiger partial charge in [-0.25, -0.2) is 0 Å². The highest BCUT2D eigenvalue weighted by atomic mass is 16.5. The van der Waals surface area contributed by atoms with Gasteiger partial charge in [0.1, 0.15) is 0 Å². The number of carbonyl (C=O) groups excluding carboxylic acids is 1. The number of carbonyl (C=O) groups is 1. The molecular formula is C14H24N2O2. The Kier molecular flexibility index (Phi) is 3.85. The minimum Gasteiger partial charge on any atom is -0.381 e. The van der Waals surface area contributed by atoms with E-state index in [4.69, 9.17) is 4.74 Å². The molecule has 0 radical (unpaired) electrons. The molecule has 2 heterocycles. The van der Waals surface area contributed by atoms with E-state index < -0.39 is 0 Å². The van der Waals surface area contributed by atoms with Crippen molar-refractivity contribution in [2.75, 3.05) is 39.4 Å². The Morgan fingerprint density at radius 2 is 1.72 bits per heavy atom. The molecule has 18 heavy (non-hydrogen) atoms. The summed E-state index contributed by atoms with van der Waals surface area (Å²) in [4.78, 5) is 16.9. The zero-order valence-electron chi connectivity index (χ0n) is 11.1. The minimum atomic E-state index is 0.142.